The molecule has 3 heterocycles. The first-order valence-corrected chi connectivity index (χ1v) is 11.7. The number of hydrogen-bond donors (Lipinski definition) is 0. The second-order valence-electron chi connectivity index (χ2n) is 9.51. The van der Waals surface area contributed by atoms with Crippen LogP contribution in [0.3, 0.4) is 0 Å². The van der Waals surface area contributed by atoms with Gasteiger partial charge in [0.25, 0.3) is 5.91 Å². The van der Waals surface area contributed by atoms with E-state index < -0.39 is 0 Å². The van der Waals surface area contributed by atoms with Crippen molar-refractivity contribution in [3.8, 4) is 5.75 Å². The van der Waals surface area contributed by atoms with Gasteiger partial charge in [-0.15, -0.1) is 0 Å². The van der Waals surface area contributed by atoms with E-state index in [4.69, 9.17) is 14.7 Å². The van der Waals surface area contributed by atoms with E-state index >= 15 is 0 Å². The van der Waals surface area contributed by atoms with Crippen molar-refractivity contribution in [3.63, 3.8) is 0 Å². The zero-order valence-corrected chi connectivity index (χ0v) is 20.5. The fourth-order valence-electron chi connectivity index (χ4n) is 4.49. The Morgan fingerprint density at radius 1 is 1.15 bits per heavy atom. The van der Waals surface area contributed by atoms with Crippen molar-refractivity contribution in [1.29, 1.82) is 0 Å². The van der Waals surface area contributed by atoms with E-state index in [2.05, 4.69) is 28.9 Å². The van der Waals surface area contributed by atoms with E-state index in [0.717, 1.165) is 61.0 Å². The Morgan fingerprint density at radius 3 is 2.71 bits per heavy atom. The topological polar surface area (TPSA) is 71.5 Å². The number of benzene rings is 1. The lowest BCUT2D eigenvalue weighted by molar-refractivity contribution is 0.0820. The Labute approximate surface area is 201 Å². The molecule has 178 valence electrons. The van der Waals surface area contributed by atoms with Crippen molar-refractivity contribution in [2.75, 3.05) is 27.2 Å². The summed E-state index contributed by atoms with van der Waals surface area (Å²) < 4.78 is 6.13. The third-order valence-electron chi connectivity index (χ3n) is 6.26. The van der Waals surface area contributed by atoms with E-state index in [0.29, 0.717) is 12.3 Å². The van der Waals surface area contributed by atoms with Gasteiger partial charge in [-0.3, -0.25) is 14.7 Å². The smallest absolute Gasteiger partial charge is 0.272 e. The molecule has 1 aliphatic rings. The molecule has 0 unspecified atom stereocenters. The fourth-order valence-corrected chi connectivity index (χ4v) is 4.49. The van der Waals surface area contributed by atoms with Gasteiger partial charge in [0.15, 0.2) is 0 Å². The molecule has 0 saturated carbocycles. The molecule has 1 aromatic carbocycles. The molecule has 0 aliphatic carbocycles. The number of pyridine rings is 1. The van der Waals surface area contributed by atoms with Gasteiger partial charge in [-0.1, -0.05) is 31.2 Å². The molecule has 3 aromatic rings. The lowest BCUT2D eigenvalue weighted by Gasteiger charge is -2.39. The van der Waals surface area contributed by atoms with E-state index in [1.165, 1.54) is 0 Å². The maximum absolute atomic E-state index is 12.5. The third-order valence-corrected chi connectivity index (χ3v) is 6.26. The van der Waals surface area contributed by atoms with Gasteiger partial charge in [0.1, 0.15) is 23.9 Å². The summed E-state index contributed by atoms with van der Waals surface area (Å²) in [6.07, 6.45) is 3.81. The number of ether oxygens (including phenoxy) is 1. The van der Waals surface area contributed by atoms with Crippen LogP contribution in [-0.4, -0.2) is 57.8 Å². The first kappa shape index (κ1) is 23.8. The number of rotatable bonds is 7. The summed E-state index contributed by atoms with van der Waals surface area (Å²) in [5, 5.41) is 0. The molecule has 4 rings (SSSR count). The molecule has 2 aromatic heterocycles. The van der Waals surface area contributed by atoms with Gasteiger partial charge in [0.05, 0.1) is 5.69 Å². The van der Waals surface area contributed by atoms with Gasteiger partial charge >= 0.3 is 0 Å². The zero-order chi connectivity index (χ0) is 24.1. The van der Waals surface area contributed by atoms with Crippen LogP contribution in [0, 0.1) is 6.92 Å². The zero-order valence-electron chi connectivity index (χ0n) is 20.5. The first-order chi connectivity index (χ1) is 16.3. The number of aryl methyl sites for hydroxylation is 1. The van der Waals surface area contributed by atoms with Gasteiger partial charge in [0.2, 0.25) is 0 Å². The Hall–Kier alpha value is -3.32. The van der Waals surface area contributed by atoms with E-state index in [-0.39, 0.29) is 11.3 Å². The van der Waals surface area contributed by atoms with E-state index in [1.807, 2.05) is 37.3 Å². The molecule has 1 fully saturated rings. The Morgan fingerprint density at radius 2 is 1.94 bits per heavy atom. The van der Waals surface area contributed by atoms with Gasteiger partial charge in [-0.25, -0.2) is 9.97 Å². The summed E-state index contributed by atoms with van der Waals surface area (Å²) >= 11 is 0. The minimum absolute atomic E-state index is 0.0954. The average Bonchev–Trinajstić information content (AvgIpc) is 2.83. The highest BCUT2D eigenvalue weighted by Gasteiger charge is 2.36. The molecular formula is C27H33N5O2. The summed E-state index contributed by atoms with van der Waals surface area (Å²) in [5.74, 6) is 1.54. The molecular weight excluding hydrogens is 426 g/mol. The summed E-state index contributed by atoms with van der Waals surface area (Å²) in [7, 11) is 3.49. The number of amides is 1. The highest BCUT2D eigenvalue weighted by Crippen LogP contribution is 2.33. The van der Waals surface area contributed by atoms with Crippen LogP contribution in [0.4, 0.5) is 0 Å². The van der Waals surface area contributed by atoms with Gasteiger partial charge in [-0.2, -0.15) is 0 Å². The third kappa shape index (κ3) is 5.59. The predicted molar refractivity (Wildman–Crippen MR) is 132 cm³/mol. The normalized spacial score (nSPS) is 18.5. The molecule has 1 atom stereocenters. The summed E-state index contributed by atoms with van der Waals surface area (Å²) in [6, 6.07) is 15.8. The Balaban J connectivity index is 1.50. The van der Waals surface area contributed by atoms with E-state index in [9.17, 15) is 4.79 Å². The molecule has 1 amide bonds. The number of carbonyl (C=O) groups is 1. The summed E-state index contributed by atoms with van der Waals surface area (Å²) in [5.41, 5.74) is 3.11. The minimum Gasteiger partial charge on any atom is -0.487 e. The number of para-hydroxylation sites is 1. The highest BCUT2D eigenvalue weighted by molar-refractivity contribution is 5.92. The molecule has 34 heavy (non-hydrogen) atoms. The number of carbonyl (C=O) groups excluding carboxylic acids is 1. The summed E-state index contributed by atoms with van der Waals surface area (Å²) in [6.45, 7) is 7.18. The number of piperidine rings is 1. The van der Waals surface area contributed by atoms with Crippen molar-refractivity contribution in [3.05, 3.63) is 83.2 Å². The van der Waals surface area contributed by atoms with Crippen molar-refractivity contribution in [1.82, 2.24) is 24.8 Å². The van der Waals surface area contributed by atoms with Crippen LogP contribution in [0.5, 0.6) is 5.75 Å². The molecule has 0 N–H and O–H groups in total. The van der Waals surface area contributed by atoms with Crippen LogP contribution in [0.2, 0.25) is 0 Å². The largest absolute Gasteiger partial charge is 0.487 e. The number of nitrogens with zero attached hydrogens (tertiary/aromatic N) is 5. The number of aromatic nitrogens is 3. The van der Waals surface area contributed by atoms with E-state index in [1.54, 1.807) is 31.3 Å². The van der Waals surface area contributed by atoms with Crippen molar-refractivity contribution >= 4 is 5.91 Å². The molecule has 0 bridgehead atoms. The van der Waals surface area contributed by atoms with Crippen molar-refractivity contribution < 1.29 is 9.53 Å². The monoisotopic (exact) mass is 459 g/mol. The van der Waals surface area contributed by atoms with Crippen LogP contribution in [0.25, 0.3) is 0 Å². The lowest BCUT2D eigenvalue weighted by Crippen LogP contribution is -2.45. The Bertz CT molecular complexity index is 1130. The SMILES string of the molecule is Cc1cc(C(=O)N(C)C)nc([C@@]2(C)CCCN(Cc3ccccc3OCc3ccccn3)C2)n1. The van der Waals surface area contributed by atoms with Crippen molar-refractivity contribution in [2.45, 2.75) is 45.3 Å². The molecule has 1 aliphatic heterocycles. The molecule has 7 nitrogen and oxygen atoms in total. The first-order valence-electron chi connectivity index (χ1n) is 11.7. The number of likely N-dealkylation sites (tertiary alicyclic amines) is 1. The predicted octanol–water partition coefficient (Wildman–Crippen LogP) is 4.01. The fraction of sp³-hybridized carbons (Fsp3) is 0.407. The molecule has 0 spiro atoms. The van der Waals surface area contributed by atoms with Crippen LogP contribution in [0.15, 0.2) is 54.7 Å². The van der Waals surface area contributed by atoms with Crippen LogP contribution in [-0.2, 0) is 18.6 Å². The second-order valence-corrected chi connectivity index (χ2v) is 9.51. The molecule has 7 heteroatoms. The standard InChI is InChI=1S/C27H33N5O2/c1-20-16-23(25(33)31(3)4)30-26(29-20)27(2)13-9-15-32(19-27)17-21-10-5-6-12-24(21)34-18-22-11-7-8-14-28-22/h5-8,10-12,14,16H,9,13,15,17-19H2,1-4H3/t27-/m0/s1. The summed E-state index contributed by atoms with van der Waals surface area (Å²) in [4.78, 5) is 30.4. The quantitative estimate of drug-likeness (QED) is 0.532. The maximum Gasteiger partial charge on any atom is 0.272 e. The van der Waals surface area contributed by atoms with Crippen molar-refractivity contribution in [2.24, 2.45) is 0 Å². The van der Waals surface area contributed by atoms with Crippen LogP contribution in [0.1, 0.15) is 53.0 Å². The molecule has 1 saturated heterocycles. The maximum atomic E-state index is 12.5. The highest BCUT2D eigenvalue weighted by atomic mass is 16.5. The van der Waals surface area contributed by atoms with Gasteiger partial charge < -0.3 is 9.64 Å². The second kappa shape index (κ2) is 10.3. The van der Waals surface area contributed by atoms with Gasteiger partial charge in [0, 0.05) is 50.1 Å². The van der Waals surface area contributed by atoms with Gasteiger partial charge in [-0.05, 0) is 50.6 Å². The minimum atomic E-state index is -0.227. The number of hydrogen-bond acceptors (Lipinski definition) is 6. The average molecular weight is 460 g/mol. The van der Waals surface area contributed by atoms with Crippen LogP contribution < -0.4 is 4.74 Å². The van der Waals surface area contributed by atoms with Crippen LogP contribution >= 0.6 is 0 Å². The molecule has 0 radical (unpaired) electrons. The Kier molecular flexibility index (Phi) is 7.22. The lowest BCUT2D eigenvalue weighted by atomic mass is 9.80.